The first-order chi connectivity index (χ1) is 14.3. The minimum Gasteiger partial charge on any atom is -0.505 e. The third-order valence-corrected chi connectivity index (χ3v) is 5.64. The van der Waals surface area contributed by atoms with Gasteiger partial charge in [-0.2, -0.15) is 5.10 Å². The summed E-state index contributed by atoms with van der Waals surface area (Å²) in [5.41, 5.74) is 2.12. The topological polar surface area (TPSA) is 136 Å². The Balaban J connectivity index is 1.87. The highest BCUT2D eigenvalue weighted by Gasteiger charge is 2.32. The molecule has 1 amide bonds. The van der Waals surface area contributed by atoms with Crippen LogP contribution in [0.1, 0.15) is 11.1 Å². The molecule has 0 aliphatic carbocycles. The summed E-state index contributed by atoms with van der Waals surface area (Å²) in [6, 6.07) is 9.04. The molecule has 0 atom stereocenters. The molecule has 10 nitrogen and oxygen atoms in total. The summed E-state index contributed by atoms with van der Waals surface area (Å²) in [6.45, 7) is 0. The number of carbonyl (C=O) groups excluding carboxylic acids is 1. The standard InChI is InChI=1S/C19H19N3O7S/c1-27-13-9-8-11(17(28-2)18(13)29-3)10-20-21-19(24)15-16(23)12-6-4-5-7-14(12)30(25,26)22-15/h4-10,22-23H,1-3H3,(H,21,24)/b20-10+. The molecule has 0 radical (unpaired) electrons. The van der Waals surface area contributed by atoms with Gasteiger partial charge in [-0.3, -0.25) is 9.52 Å². The van der Waals surface area contributed by atoms with Crippen LogP contribution >= 0.6 is 0 Å². The monoisotopic (exact) mass is 433 g/mol. The summed E-state index contributed by atoms with van der Waals surface area (Å²) in [5, 5.41) is 14.2. The average molecular weight is 433 g/mol. The number of aliphatic hydroxyl groups excluding tert-OH is 1. The van der Waals surface area contributed by atoms with E-state index in [1.54, 1.807) is 18.2 Å². The van der Waals surface area contributed by atoms with E-state index in [0.717, 1.165) is 0 Å². The number of sulfonamides is 1. The van der Waals surface area contributed by atoms with Gasteiger partial charge >= 0.3 is 0 Å². The van der Waals surface area contributed by atoms with E-state index in [4.69, 9.17) is 14.2 Å². The minimum atomic E-state index is -4.00. The van der Waals surface area contributed by atoms with Crippen molar-refractivity contribution < 1.29 is 32.5 Å². The van der Waals surface area contributed by atoms with Crippen LogP contribution in [0.2, 0.25) is 0 Å². The lowest BCUT2D eigenvalue weighted by atomic mass is 10.1. The Kier molecular flexibility index (Phi) is 5.83. The van der Waals surface area contributed by atoms with Gasteiger partial charge in [0, 0.05) is 11.1 Å². The van der Waals surface area contributed by atoms with Crippen LogP contribution in [0, 0.1) is 0 Å². The van der Waals surface area contributed by atoms with E-state index < -0.39 is 27.4 Å². The predicted octanol–water partition coefficient (Wildman–Crippen LogP) is 1.38. The number of methoxy groups -OCH3 is 3. The van der Waals surface area contributed by atoms with Crippen molar-refractivity contribution in [3.8, 4) is 17.2 Å². The Bertz CT molecular complexity index is 1160. The van der Waals surface area contributed by atoms with Gasteiger partial charge < -0.3 is 19.3 Å². The molecule has 1 aliphatic rings. The highest BCUT2D eigenvalue weighted by molar-refractivity contribution is 7.89. The third-order valence-electron chi connectivity index (χ3n) is 4.24. The fourth-order valence-corrected chi connectivity index (χ4v) is 4.15. The molecule has 0 bridgehead atoms. The van der Waals surface area contributed by atoms with Crippen LogP contribution < -0.4 is 24.4 Å². The van der Waals surface area contributed by atoms with Gasteiger partial charge in [0.25, 0.3) is 15.9 Å². The molecule has 0 aromatic heterocycles. The van der Waals surface area contributed by atoms with E-state index in [0.29, 0.717) is 22.8 Å². The number of amides is 1. The van der Waals surface area contributed by atoms with Crippen molar-refractivity contribution in [2.24, 2.45) is 5.10 Å². The molecule has 0 spiro atoms. The maximum absolute atomic E-state index is 12.4. The zero-order chi connectivity index (χ0) is 21.9. The van der Waals surface area contributed by atoms with Crippen molar-refractivity contribution in [2.45, 2.75) is 4.90 Å². The van der Waals surface area contributed by atoms with E-state index in [-0.39, 0.29) is 10.5 Å². The lowest BCUT2D eigenvalue weighted by Gasteiger charge is -2.20. The van der Waals surface area contributed by atoms with Crippen LogP contribution in [-0.2, 0) is 14.8 Å². The molecule has 30 heavy (non-hydrogen) atoms. The van der Waals surface area contributed by atoms with Gasteiger partial charge in [0.2, 0.25) is 5.75 Å². The number of hydrogen-bond donors (Lipinski definition) is 3. The number of fused-ring (bicyclic) bond motifs is 1. The quantitative estimate of drug-likeness (QED) is 0.463. The summed E-state index contributed by atoms with van der Waals surface area (Å²) in [7, 11) is 0.361. The second-order valence-corrected chi connectivity index (χ2v) is 7.60. The molecule has 1 heterocycles. The van der Waals surface area contributed by atoms with Gasteiger partial charge in [-0.1, -0.05) is 12.1 Å². The van der Waals surface area contributed by atoms with E-state index in [2.05, 4.69) is 15.2 Å². The molecule has 0 fully saturated rings. The number of rotatable bonds is 6. The Morgan fingerprint density at radius 2 is 1.77 bits per heavy atom. The van der Waals surface area contributed by atoms with E-state index in [1.807, 2.05) is 0 Å². The maximum Gasteiger partial charge on any atom is 0.292 e. The molecule has 1 aliphatic heterocycles. The van der Waals surface area contributed by atoms with Crippen molar-refractivity contribution in [3.05, 3.63) is 53.2 Å². The molecule has 0 unspecified atom stereocenters. The number of carbonyl (C=O) groups is 1. The highest BCUT2D eigenvalue weighted by atomic mass is 32.2. The predicted molar refractivity (Wildman–Crippen MR) is 108 cm³/mol. The number of nitrogens with zero attached hydrogens (tertiary/aromatic N) is 1. The Labute approximate surface area is 172 Å². The van der Waals surface area contributed by atoms with Crippen LogP contribution in [0.4, 0.5) is 0 Å². The number of ether oxygens (including phenoxy) is 3. The molecule has 3 N–H and O–H groups in total. The summed E-state index contributed by atoms with van der Waals surface area (Å²) < 4.78 is 42.5. The number of hydrazone groups is 1. The van der Waals surface area contributed by atoms with E-state index in [1.165, 1.54) is 45.7 Å². The normalized spacial score (nSPS) is 14.6. The number of nitrogens with one attached hydrogen (secondary N) is 2. The molecular weight excluding hydrogens is 414 g/mol. The van der Waals surface area contributed by atoms with Gasteiger partial charge in [-0.15, -0.1) is 0 Å². The van der Waals surface area contributed by atoms with Crippen LogP contribution in [0.5, 0.6) is 17.2 Å². The molecule has 2 aromatic carbocycles. The summed E-state index contributed by atoms with van der Waals surface area (Å²) in [5.74, 6) is -0.338. The number of benzene rings is 2. The number of aliphatic hydroxyl groups is 1. The summed E-state index contributed by atoms with van der Waals surface area (Å²) in [6.07, 6.45) is 1.28. The molecule has 3 rings (SSSR count). The zero-order valence-corrected chi connectivity index (χ0v) is 17.1. The SMILES string of the molecule is COc1ccc(/C=N/NC(=O)C2=C(O)c3ccccc3S(=O)(=O)N2)c(OC)c1OC. The van der Waals surface area contributed by atoms with E-state index in [9.17, 15) is 18.3 Å². The van der Waals surface area contributed by atoms with E-state index >= 15 is 0 Å². The highest BCUT2D eigenvalue weighted by Crippen LogP contribution is 2.39. The maximum atomic E-state index is 12.4. The first kappa shape index (κ1) is 21.0. The largest absolute Gasteiger partial charge is 0.505 e. The van der Waals surface area contributed by atoms with Crippen LogP contribution in [0.15, 0.2) is 52.1 Å². The summed E-state index contributed by atoms with van der Waals surface area (Å²) in [4.78, 5) is 12.3. The molecular formula is C19H19N3O7S. The number of hydrogen-bond acceptors (Lipinski definition) is 8. The molecule has 11 heteroatoms. The van der Waals surface area contributed by atoms with Gasteiger partial charge in [0.1, 0.15) is 0 Å². The van der Waals surface area contributed by atoms with Gasteiger partial charge in [0.05, 0.1) is 32.4 Å². The molecule has 158 valence electrons. The third kappa shape index (κ3) is 3.74. The smallest absolute Gasteiger partial charge is 0.292 e. The fraction of sp³-hybridized carbons (Fsp3) is 0.158. The van der Waals surface area contributed by atoms with Crippen LogP contribution in [-0.4, -0.2) is 47.0 Å². The zero-order valence-electron chi connectivity index (χ0n) is 16.3. The Hall–Kier alpha value is -3.73. The van der Waals surface area contributed by atoms with Gasteiger partial charge in [-0.05, 0) is 24.3 Å². The van der Waals surface area contributed by atoms with Crippen molar-refractivity contribution in [1.82, 2.24) is 10.1 Å². The first-order valence-electron chi connectivity index (χ1n) is 8.51. The Morgan fingerprint density at radius 1 is 1.07 bits per heavy atom. The van der Waals surface area contributed by atoms with Crippen molar-refractivity contribution in [2.75, 3.05) is 21.3 Å². The molecule has 0 saturated heterocycles. The average Bonchev–Trinajstić information content (AvgIpc) is 2.75. The first-order valence-corrected chi connectivity index (χ1v) is 10.00. The molecule has 0 saturated carbocycles. The van der Waals surface area contributed by atoms with Crippen LogP contribution in [0.25, 0.3) is 5.76 Å². The second-order valence-electron chi connectivity index (χ2n) is 5.95. The van der Waals surface area contributed by atoms with Crippen molar-refractivity contribution in [1.29, 1.82) is 0 Å². The van der Waals surface area contributed by atoms with Gasteiger partial charge in [-0.25, -0.2) is 13.8 Å². The fourth-order valence-electron chi connectivity index (χ4n) is 2.87. The minimum absolute atomic E-state index is 0.0203. The second kappa shape index (κ2) is 8.33. The van der Waals surface area contributed by atoms with Crippen molar-refractivity contribution in [3.63, 3.8) is 0 Å². The van der Waals surface area contributed by atoms with Gasteiger partial charge in [0.15, 0.2) is 23.0 Å². The molecule has 2 aromatic rings. The summed E-state index contributed by atoms with van der Waals surface area (Å²) >= 11 is 0. The Morgan fingerprint density at radius 3 is 2.43 bits per heavy atom. The lowest BCUT2D eigenvalue weighted by Crippen LogP contribution is -2.37. The lowest BCUT2D eigenvalue weighted by molar-refractivity contribution is -0.117. The van der Waals surface area contributed by atoms with Crippen molar-refractivity contribution >= 4 is 27.9 Å². The van der Waals surface area contributed by atoms with Crippen LogP contribution in [0.3, 0.4) is 0 Å².